The molecular weight excluding hydrogens is 210 g/mol. The fraction of sp³-hybridized carbons (Fsp3) is 0.786. The van der Waals surface area contributed by atoms with Gasteiger partial charge in [-0.2, -0.15) is 0 Å². The summed E-state index contributed by atoms with van der Waals surface area (Å²) in [7, 11) is 0. The highest BCUT2D eigenvalue weighted by molar-refractivity contribution is 5.26. The summed E-state index contributed by atoms with van der Waals surface area (Å²) in [5.74, 6) is 1.07. The molecule has 0 radical (unpaired) electrons. The van der Waals surface area contributed by atoms with Crippen molar-refractivity contribution in [3.63, 3.8) is 0 Å². The SMILES string of the molecule is CCCNc1nccn1C1CCCCCCC1. The highest BCUT2D eigenvalue weighted by Gasteiger charge is 2.15. The van der Waals surface area contributed by atoms with Gasteiger partial charge in [0.15, 0.2) is 0 Å². The van der Waals surface area contributed by atoms with Crippen LogP contribution in [-0.2, 0) is 0 Å². The highest BCUT2D eigenvalue weighted by Crippen LogP contribution is 2.28. The number of rotatable bonds is 4. The van der Waals surface area contributed by atoms with Crippen LogP contribution in [0.25, 0.3) is 0 Å². The van der Waals surface area contributed by atoms with Crippen LogP contribution in [0, 0.1) is 0 Å². The van der Waals surface area contributed by atoms with E-state index in [1.165, 1.54) is 44.9 Å². The van der Waals surface area contributed by atoms with Crippen LogP contribution in [0.1, 0.15) is 64.3 Å². The number of aromatic nitrogens is 2. The van der Waals surface area contributed by atoms with Crippen LogP contribution in [-0.4, -0.2) is 16.1 Å². The van der Waals surface area contributed by atoms with E-state index in [2.05, 4.69) is 28.0 Å². The van der Waals surface area contributed by atoms with Crippen LogP contribution in [0.5, 0.6) is 0 Å². The Balaban J connectivity index is 2.00. The molecule has 1 heterocycles. The molecule has 17 heavy (non-hydrogen) atoms. The number of nitrogens with zero attached hydrogens (tertiary/aromatic N) is 2. The van der Waals surface area contributed by atoms with E-state index in [0.717, 1.165) is 18.9 Å². The molecule has 0 unspecified atom stereocenters. The molecule has 0 spiro atoms. The van der Waals surface area contributed by atoms with Crippen LogP contribution >= 0.6 is 0 Å². The first-order valence-electron chi connectivity index (χ1n) is 7.18. The average molecular weight is 235 g/mol. The fourth-order valence-corrected chi connectivity index (χ4v) is 2.69. The van der Waals surface area contributed by atoms with Gasteiger partial charge in [-0.3, -0.25) is 0 Å². The van der Waals surface area contributed by atoms with Crippen molar-refractivity contribution in [2.45, 2.75) is 64.3 Å². The Labute approximate surface area is 105 Å². The zero-order chi connectivity index (χ0) is 11.9. The van der Waals surface area contributed by atoms with Crippen molar-refractivity contribution < 1.29 is 0 Å². The highest BCUT2D eigenvalue weighted by atomic mass is 15.2. The lowest BCUT2D eigenvalue weighted by atomic mass is 9.96. The molecule has 2 rings (SSSR count). The quantitative estimate of drug-likeness (QED) is 0.855. The number of imidazole rings is 1. The maximum atomic E-state index is 4.43. The molecule has 0 saturated heterocycles. The van der Waals surface area contributed by atoms with Crippen molar-refractivity contribution in [3.05, 3.63) is 12.4 Å². The van der Waals surface area contributed by atoms with Gasteiger partial charge in [0.1, 0.15) is 0 Å². The standard InChI is InChI=1S/C14H25N3/c1-2-10-15-14-16-11-12-17(14)13-8-6-4-3-5-7-9-13/h11-13H,2-10H2,1H3,(H,15,16). The van der Waals surface area contributed by atoms with Crippen LogP contribution < -0.4 is 5.32 Å². The summed E-state index contributed by atoms with van der Waals surface area (Å²) >= 11 is 0. The Bertz CT molecular complexity index is 311. The maximum Gasteiger partial charge on any atom is 0.203 e. The molecule has 3 heteroatoms. The second-order valence-electron chi connectivity index (χ2n) is 5.08. The number of hydrogen-bond donors (Lipinski definition) is 1. The van der Waals surface area contributed by atoms with Crippen molar-refractivity contribution in [1.82, 2.24) is 9.55 Å². The molecule has 3 nitrogen and oxygen atoms in total. The fourth-order valence-electron chi connectivity index (χ4n) is 2.69. The van der Waals surface area contributed by atoms with Crippen molar-refractivity contribution in [1.29, 1.82) is 0 Å². The molecule has 1 aromatic heterocycles. The molecule has 0 aliphatic heterocycles. The van der Waals surface area contributed by atoms with Gasteiger partial charge in [-0.25, -0.2) is 4.98 Å². The van der Waals surface area contributed by atoms with E-state index in [-0.39, 0.29) is 0 Å². The maximum absolute atomic E-state index is 4.43. The summed E-state index contributed by atoms with van der Waals surface area (Å²) in [5, 5.41) is 3.43. The Morgan fingerprint density at radius 2 is 1.94 bits per heavy atom. The van der Waals surface area contributed by atoms with Crippen molar-refractivity contribution in [3.8, 4) is 0 Å². The molecule has 96 valence electrons. The van der Waals surface area contributed by atoms with Crippen LogP contribution in [0.3, 0.4) is 0 Å². The first-order chi connectivity index (χ1) is 8.42. The molecular formula is C14H25N3. The Kier molecular flexibility index (Phi) is 4.89. The van der Waals surface area contributed by atoms with Gasteiger partial charge in [-0.15, -0.1) is 0 Å². The van der Waals surface area contributed by atoms with Gasteiger partial charge in [0.25, 0.3) is 0 Å². The minimum absolute atomic E-state index is 0.664. The largest absolute Gasteiger partial charge is 0.356 e. The molecule has 0 aromatic carbocycles. The molecule has 0 atom stereocenters. The molecule has 1 saturated carbocycles. The van der Waals surface area contributed by atoms with E-state index in [1.807, 2.05) is 6.20 Å². The number of hydrogen-bond acceptors (Lipinski definition) is 2. The average Bonchev–Trinajstić information content (AvgIpc) is 2.74. The summed E-state index contributed by atoms with van der Waals surface area (Å²) in [6.45, 7) is 3.21. The summed E-state index contributed by atoms with van der Waals surface area (Å²) in [5.41, 5.74) is 0. The van der Waals surface area contributed by atoms with Crippen molar-refractivity contribution in [2.24, 2.45) is 0 Å². The molecule has 0 bridgehead atoms. The van der Waals surface area contributed by atoms with E-state index in [9.17, 15) is 0 Å². The number of anilines is 1. The summed E-state index contributed by atoms with van der Waals surface area (Å²) in [4.78, 5) is 4.43. The van der Waals surface area contributed by atoms with E-state index in [1.54, 1.807) is 0 Å². The third-order valence-electron chi connectivity index (χ3n) is 3.67. The minimum atomic E-state index is 0.664. The second kappa shape index (κ2) is 6.67. The van der Waals surface area contributed by atoms with Gasteiger partial charge in [-0.05, 0) is 19.3 Å². The summed E-state index contributed by atoms with van der Waals surface area (Å²) in [6, 6.07) is 0.664. The Morgan fingerprint density at radius 1 is 1.24 bits per heavy atom. The van der Waals surface area contributed by atoms with Gasteiger partial charge in [0.05, 0.1) is 0 Å². The number of nitrogens with one attached hydrogen (secondary N) is 1. The monoisotopic (exact) mass is 235 g/mol. The van der Waals surface area contributed by atoms with Crippen molar-refractivity contribution >= 4 is 5.95 Å². The van der Waals surface area contributed by atoms with E-state index < -0.39 is 0 Å². The molecule has 1 N–H and O–H groups in total. The first-order valence-corrected chi connectivity index (χ1v) is 7.18. The van der Waals surface area contributed by atoms with E-state index in [4.69, 9.17) is 0 Å². The van der Waals surface area contributed by atoms with Crippen LogP contribution in [0.4, 0.5) is 5.95 Å². The predicted molar refractivity (Wildman–Crippen MR) is 72.4 cm³/mol. The normalized spacial score (nSPS) is 18.6. The lowest BCUT2D eigenvalue weighted by Crippen LogP contribution is -2.14. The third kappa shape index (κ3) is 3.48. The van der Waals surface area contributed by atoms with Gasteiger partial charge in [0.2, 0.25) is 5.95 Å². The topological polar surface area (TPSA) is 29.9 Å². The summed E-state index contributed by atoms with van der Waals surface area (Å²) in [6.07, 6.45) is 14.8. The second-order valence-corrected chi connectivity index (χ2v) is 5.08. The lowest BCUT2D eigenvalue weighted by molar-refractivity contribution is 0.374. The van der Waals surface area contributed by atoms with Crippen LogP contribution in [0.15, 0.2) is 12.4 Å². The van der Waals surface area contributed by atoms with Crippen LogP contribution in [0.2, 0.25) is 0 Å². The first kappa shape index (κ1) is 12.5. The minimum Gasteiger partial charge on any atom is -0.356 e. The predicted octanol–water partition coefficient (Wildman–Crippen LogP) is 3.99. The molecule has 0 amide bonds. The van der Waals surface area contributed by atoms with Gasteiger partial charge in [0, 0.05) is 25.0 Å². The third-order valence-corrected chi connectivity index (χ3v) is 3.67. The zero-order valence-electron chi connectivity index (χ0n) is 11.0. The molecule has 1 aliphatic rings. The lowest BCUT2D eigenvalue weighted by Gasteiger charge is -2.23. The smallest absolute Gasteiger partial charge is 0.203 e. The Hall–Kier alpha value is -0.990. The Morgan fingerprint density at radius 3 is 2.65 bits per heavy atom. The van der Waals surface area contributed by atoms with Crippen molar-refractivity contribution in [2.75, 3.05) is 11.9 Å². The van der Waals surface area contributed by atoms with E-state index in [0.29, 0.717) is 6.04 Å². The van der Waals surface area contributed by atoms with Gasteiger partial charge in [-0.1, -0.05) is 39.0 Å². The summed E-state index contributed by atoms with van der Waals surface area (Å²) < 4.78 is 2.36. The van der Waals surface area contributed by atoms with Gasteiger partial charge >= 0.3 is 0 Å². The van der Waals surface area contributed by atoms with Gasteiger partial charge < -0.3 is 9.88 Å². The molecule has 1 aromatic rings. The van der Waals surface area contributed by atoms with E-state index >= 15 is 0 Å². The zero-order valence-corrected chi connectivity index (χ0v) is 11.0. The molecule has 1 aliphatic carbocycles. The molecule has 1 fully saturated rings.